The van der Waals surface area contributed by atoms with Gasteiger partial charge in [-0.15, -0.1) is 0 Å². The zero-order valence-corrected chi connectivity index (χ0v) is 10.2. The molecule has 14 heavy (non-hydrogen) atoms. The topological polar surface area (TPSA) is 32.3 Å². The van der Waals surface area contributed by atoms with Crippen LogP contribution in [0.25, 0.3) is 0 Å². The van der Waals surface area contributed by atoms with Crippen molar-refractivity contribution in [2.24, 2.45) is 5.92 Å². The first-order chi connectivity index (χ1) is 6.61. The van der Waals surface area contributed by atoms with Crippen LogP contribution in [0.5, 0.6) is 0 Å². The largest absolute Gasteiger partial charge is 0.392 e. The van der Waals surface area contributed by atoms with E-state index in [2.05, 4.69) is 19.2 Å². The molecule has 0 radical (unpaired) electrons. The Kier molecular flexibility index (Phi) is 8.20. The molecule has 2 heteroatoms. The Bertz CT molecular complexity index is 125. The fourth-order valence-corrected chi connectivity index (χ4v) is 1.47. The molecule has 0 heterocycles. The molecule has 0 saturated carbocycles. The Morgan fingerprint density at radius 2 is 1.86 bits per heavy atom. The van der Waals surface area contributed by atoms with Gasteiger partial charge in [-0.2, -0.15) is 0 Å². The van der Waals surface area contributed by atoms with E-state index in [1.807, 2.05) is 13.8 Å². The number of aliphatic hydroxyl groups excluding tert-OH is 1. The standard InChI is InChI=1S/C12H27NO/c1-5-7-8-12(6-2)9-13-10(3)11(4)14/h10-14H,5-9H2,1-4H3. The van der Waals surface area contributed by atoms with Gasteiger partial charge in [-0.1, -0.05) is 33.1 Å². The molecule has 0 aromatic rings. The summed E-state index contributed by atoms with van der Waals surface area (Å²) in [5, 5.41) is 12.7. The van der Waals surface area contributed by atoms with E-state index in [4.69, 9.17) is 0 Å². The molecule has 0 aliphatic rings. The molecule has 0 amide bonds. The van der Waals surface area contributed by atoms with Gasteiger partial charge in [0.25, 0.3) is 0 Å². The summed E-state index contributed by atoms with van der Waals surface area (Å²) in [5.74, 6) is 0.774. The number of aliphatic hydroxyl groups is 1. The van der Waals surface area contributed by atoms with Crippen molar-refractivity contribution in [1.29, 1.82) is 0 Å². The van der Waals surface area contributed by atoms with Crippen molar-refractivity contribution in [3.63, 3.8) is 0 Å². The smallest absolute Gasteiger partial charge is 0.0662 e. The molecule has 2 nitrogen and oxygen atoms in total. The highest BCUT2D eigenvalue weighted by atomic mass is 16.3. The molecular weight excluding hydrogens is 174 g/mol. The van der Waals surface area contributed by atoms with Gasteiger partial charge in [0.15, 0.2) is 0 Å². The lowest BCUT2D eigenvalue weighted by Gasteiger charge is -2.21. The Morgan fingerprint density at radius 3 is 2.29 bits per heavy atom. The minimum atomic E-state index is -0.251. The first-order valence-electron chi connectivity index (χ1n) is 6.03. The molecule has 0 saturated heterocycles. The van der Waals surface area contributed by atoms with Crippen LogP contribution >= 0.6 is 0 Å². The Morgan fingerprint density at radius 1 is 1.21 bits per heavy atom. The Labute approximate surface area is 89.1 Å². The van der Waals surface area contributed by atoms with Crippen molar-refractivity contribution in [2.45, 2.75) is 65.5 Å². The van der Waals surface area contributed by atoms with Gasteiger partial charge in [0.05, 0.1) is 6.10 Å². The van der Waals surface area contributed by atoms with Crippen molar-refractivity contribution in [1.82, 2.24) is 5.32 Å². The van der Waals surface area contributed by atoms with Crippen molar-refractivity contribution in [2.75, 3.05) is 6.54 Å². The molecule has 0 rings (SSSR count). The third-order valence-corrected chi connectivity index (χ3v) is 3.00. The molecule has 86 valence electrons. The lowest BCUT2D eigenvalue weighted by molar-refractivity contribution is 0.149. The predicted octanol–water partition coefficient (Wildman–Crippen LogP) is 2.56. The average molecular weight is 201 g/mol. The van der Waals surface area contributed by atoms with Gasteiger partial charge in [-0.25, -0.2) is 0 Å². The van der Waals surface area contributed by atoms with E-state index in [1.54, 1.807) is 0 Å². The second-order valence-electron chi connectivity index (χ2n) is 4.35. The Balaban J connectivity index is 3.60. The number of rotatable bonds is 8. The van der Waals surface area contributed by atoms with Crippen LogP contribution in [0.4, 0.5) is 0 Å². The number of unbranched alkanes of at least 4 members (excludes halogenated alkanes) is 1. The molecular formula is C12H27NO. The lowest BCUT2D eigenvalue weighted by Crippen LogP contribution is -2.38. The third kappa shape index (κ3) is 6.39. The van der Waals surface area contributed by atoms with Gasteiger partial charge in [-0.05, 0) is 32.7 Å². The maximum atomic E-state index is 9.32. The summed E-state index contributed by atoms with van der Waals surface area (Å²) in [6, 6.07) is 0.214. The lowest BCUT2D eigenvalue weighted by atomic mass is 9.99. The van der Waals surface area contributed by atoms with Crippen molar-refractivity contribution < 1.29 is 5.11 Å². The normalized spacial score (nSPS) is 17.8. The van der Waals surface area contributed by atoms with Crippen molar-refractivity contribution in [3.8, 4) is 0 Å². The number of hydrogen-bond acceptors (Lipinski definition) is 2. The monoisotopic (exact) mass is 201 g/mol. The summed E-state index contributed by atoms with van der Waals surface area (Å²) in [7, 11) is 0. The number of nitrogens with one attached hydrogen (secondary N) is 1. The zero-order chi connectivity index (χ0) is 11.0. The summed E-state index contributed by atoms with van der Waals surface area (Å²) >= 11 is 0. The van der Waals surface area contributed by atoms with E-state index in [-0.39, 0.29) is 12.1 Å². The maximum absolute atomic E-state index is 9.32. The fraction of sp³-hybridized carbons (Fsp3) is 1.00. The van der Waals surface area contributed by atoms with Crippen LogP contribution in [0.3, 0.4) is 0 Å². The quantitative estimate of drug-likeness (QED) is 0.632. The molecule has 0 aromatic carbocycles. The molecule has 0 bridgehead atoms. The second-order valence-corrected chi connectivity index (χ2v) is 4.35. The molecule has 0 aliphatic heterocycles. The van der Waals surface area contributed by atoms with Gasteiger partial charge < -0.3 is 10.4 Å². The van der Waals surface area contributed by atoms with E-state index in [0.717, 1.165) is 12.5 Å². The van der Waals surface area contributed by atoms with Crippen molar-refractivity contribution >= 4 is 0 Å². The molecule has 0 aliphatic carbocycles. The van der Waals surface area contributed by atoms with Gasteiger partial charge in [0.2, 0.25) is 0 Å². The van der Waals surface area contributed by atoms with Gasteiger partial charge in [-0.3, -0.25) is 0 Å². The zero-order valence-electron chi connectivity index (χ0n) is 10.2. The summed E-state index contributed by atoms with van der Waals surface area (Å²) < 4.78 is 0. The van der Waals surface area contributed by atoms with Gasteiger partial charge in [0.1, 0.15) is 0 Å². The fourth-order valence-electron chi connectivity index (χ4n) is 1.47. The highest BCUT2D eigenvalue weighted by Gasteiger charge is 2.11. The molecule has 2 N–H and O–H groups in total. The third-order valence-electron chi connectivity index (χ3n) is 3.00. The van der Waals surface area contributed by atoms with E-state index in [9.17, 15) is 5.11 Å². The van der Waals surface area contributed by atoms with E-state index >= 15 is 0 Å². The maximum Gasteiger partial charge on any atom is 0.0662 e. The van der Waals surface area contributed by atoms with Crippen LogP contribution in [0.15, 0.2) is 0 Å². The van der Waals surface area contributed by atoms with Crippen LogP contribution in [0.2, 0.25) is 0 Å². The van der Waals surface area contributed by atoms with Crippen LogP contribution in [0.1, 0.15) is 53.4 Å². The van der Waals surface area contributed by atoms with Gasteiger partial charge in [0, 0.05) is 6.04 Å². The second kappa shape index (κ2) is 8.25. The highest BCUT2D eigenvalue weighted by molar-refractivity contribution is 4.69. The molecule has 0 fully saturated rings. The number of hydrogen-bond donors (Lipinski definition) is 2. The van der Waals surface area contributed by atoms with E-state index in [1.165, 1.54) is 25.7 Å². The minimum absolute atomic E-state index is 0.214. The van der Waals surface area contributed by atoms with E-state index in [0.29, 0.717) is 0 Å². The highest BCUT2D eigenvalue weighted by Crippen LogP contribution is 2.11. The van der Waals surface area contributed by atoms with E-state index < -0.39 is 0 Å². The molecule has 0 aromatic heterocycles. The summed E-state index contributed by atoms with van der Waals surface area (Å²) in [4.78, 5) is 0. The van der Waals surface area contributed by atoms with Gasteiger partial charge >= 0.3 is 0 Å². The van der Waals surface area contributed by atoms with Crippen LogP contribution in [-0.2, 0) is 0 Å². The predicted molar refractivity (Wildman–Crippen MR) is 62.5 cm³/mol. The van der Waals surface area contributed by atoms with Crippen molar-refractivity contribution in [3.05, 3.63) is 0 Å². The summed E-state index contributed by atoms with van der Waals surface area (Å²) in [6.07, 6.45) is 4.90. The molecule has 3 atom stereocenters. The van der Waals surface area contributed by atoms with Crippen LogP contribution < -0.4 is 5.32 Å². The van der Waals surface area contributed by atoms with Crippen LogP contribution in [-0.4, -0.2) is 23.8 Å². The summed E-state index contributed by atoms with van der Waals surface area (Å²) in [5.41, 5.74) is 0. The average Bonchev–Trinajstić information content (AvgIpc) is 2.17. The SMILES string of the molecule is CCCCC(CC)CNC(C)C(C)O. The van der Waals surface area contributed by atoms with Crippen LogP contribution in [0, 0.1) is 5.92 Å². The Hall–Kier alpha value is -0.0800. The first kappa shape index (κ1) is 13.9. The summed E-state index contributed by atoms with van der Waals surface area (Å²) in [6.45, 7) is 9.40. The first-order valence-corrected chi connectivity index (χ1v) is 6.03. The molecule has 3 unspecified atom stereocenters. The minimum Gasteiger partial charge on any atom is -0.392 e. The molecule has 0 spiro atoms.